The summed E-state index contributed by atoms with van der Waals surface area (Å²) in [5.41, 5.74) is 0.964. The van der Waals surface area contributed by atoms with Gasteiger partial charge in [0.2, 0.25) is 0 Å². The molecule has 0 aromatic rings. The van der Waals surface area contributed by atoms with Crippen molar-refractivity contribution in [3.63, 3.8) is 0 Å². The molecule has 1 rings (SSSR count). The van der Waals surface area contributed by atoms with E-state index in [1.807, 2.05) is 0 Å². The molecule has 12 heavy (non-hydrogen) atoms. The highest BCUT2D eigenvalue weighted by Gasteiger charge is 2.09. The lowest BCUT2D eigenvalue weighted by molar-refractivity contribution is -0.116. The smallest absolute Gasteiger partial charge is 0.251 e. The number of carbonyl (C=O) groups is 1. The summed E-state index contributed by atoms with van der Waals surface area (Å²) in [6, 6.07) is 0. The fraction of sp³-hybridized carbons (Fsp3) is 0.444. The van der Waals surface area contributed by atoms with Crippen molar-refractivity contribution in [2.75, 3.05) is 0 Å². The van der Waals surface area contributed by atoms with Crippen LogP contribution in [0.5, 0.6) is 0 Å². The van der Waals surface area contributed by atoms with Gasteiger partial charge in [0.1, 0.15) is 5.82 Å². The Morgan fingerprint density at radius 2 is 2.25 bits per heavy atom. The van der Waals surface area contributed by atoms with Gasteiger partial charge in [0.15, 0.2) is 0 Å². The standard InChI is InChI=1S/C9H14N2O/c1-3-4-5-8-6-9(12)11-7(2)10-8/h6,10H,2-5H2,1H3,(H,11,12). The number of nitrogens with one attached hydrogen (secondary N) is 2. The van der Waals surface area contributed by atoms with Crippen molar-refractivity contribution in [3.8, 4) is 0 Å². The Morgan fingerprint density at radius 1 is 1.50 bits per heavy atom. The van der Waals surface area contributed by atoms with Crippen molar-refractivity contribution in [1.29, 1.82) is 0 Å². The highest BCUT2D eigenvalue weighted by Crippen LogP contribution is 2.07. The molecule has 0 unspecified atom stereocenters. The maximum absolute atomic E-state index is 11.0. The monoisotopic (exact) mass is 166 g/mol. The number of carbonyl (C=O) groups excluding carboxylic acids is 1. The molecule has 2 N–H and O–H groups in total. The van der Waals surface area contributed by atoms with Crippen LogP contribution in [0, 0.1) is 0 Å². The lowest BCUT2D eigenvalue weighted by Crippen LogP contribution is -2.34. The van der Waals surface area contributed by atoms with E-state index in [9.17, 15) is 4.79 Å². The third-order valence-electron chi connectivity index (χ3n) is 1.69. The van der Waals surface area contributed by atoms with Crippen molar-refractivity contribution in [2.45, 2.75) is 26.2 Å². The van der Waals surface area contributed by atoms with Crippen LogP contribution >= 0.6 is 0 Å². The zero-order chi connectivity index (χ0) is 8.97. The molecule has 1 aliphatic heterocycles. The first kappa shape index (κ1) is 8.84. The number of unbranched alkanes of at least 4 members (excludes halogenated alkanes) is 1. The Kier molecular flexibility index (Phi) is 2.91. The van der Waals surface area contributed by atoms with Crippen LogP contribution in [0.3, 0.4) is 0 Å². The molecule has 0 aromatic heterocycles. The van der Waals surface area contributed by atoms with Crippen molar-refractivity contribution in [1.82, 2.24) is 10.6 Å². The van der Waals surface area contributed by atoms with Gasteiger partial charge in [0.05, 0.1) is 0 Å². The summed E-state index contributed by atoms with van der Waals surface area (Å²) in [6.07, 6.45) is 4.74. The normalized spacial score (nSPS) is 16.6. The van der Waals surface area contributed by atoms with Gasteiger partial charge in [-0.15, -0.1) is 0 Å². The Hall–Kier alpha value is -1.25. The van der Waals surface area contributed by atoms with Crippen LogP contribution in [-0.4, -0.2) is 5.91 Å². The lowest BCUT2D eigenvalue weighted by atomic mass is 10.2. The van der Waals surface area contributed by atoms with E-state index in [1.54, 1.807) is 6.08 Å². The second-order valence-corrected chi connectivity index (χ2v) is 2.87. The summed E-state index contributed by atoms with van der Waals surface area (Å²) in [5, 5.41) is 5.58. The molecule has 66 valence electrons. The van der Waals surface area contributed by atoms with E-state index in [0.717, 1.165) is 25.0 Å². The Bertz CT molecular complexity index is 231. The zero-order valence-corrected chi connectivity index (χ0v) is 7.31. The average Bonchev–Trinajstić information content (AvgIpc) is 1.99. The van der Waals surface area contributed by atoms with E-state index in [4.69, 9.17) is 0 Å². The maximum atomic E-state index is 11.0. The maximum Gasteiger partial charge on any atom is 0.251 e. The average molecular weight is 166 g/mol. The fourth-order valence-electron chi connectivity index (χ4n) is 1.11. The van der Waals surface area contributed by atoms with Gasteiger partial charge in [-0.1, -0.05) is 19.9 Å². The molecule has 0 saturated heterocycles. The highest BCUT2D eigenvalue weighted by atomic mass is 16.1. The molecular formula is C9H14N2O. The van der Waals surface area contributed by atoms with E-state index in [2.05, 4.69) is 24.1 Å². The first-order valence-corrected chi connectivity index (χ1v) is 4.20. The second-order valence-electron chi connectivity index (χ2n) is 2.87. The van der Waals surface area contributed by atoms with Crippen molar-refractivity contribution >= 4 is 5.91 Å². The van der Waals surface area contributed by atoms with Gasteiger partial charge in [0.25, 0.3) is 5.91 Å². The molecule has 0 fully saturated rings. The molecule has 0 saturated carbocycles. The predicted molar refractivity (Wildman–Crippen MR) is 48.0 cm³/mol. The Labute approximate surface area is 72.5 Å². The number of rotatable bonds is 3. The first-order valence-electron chi connectivity index (χ1n) is 4.20. The summed E-state index contributed by atoms with van der Waals surface area (Å²) in [4.78, 5) is 11.0. The number of hydrogen-bond donors (Lipinski definition) is 2. The van der Waals surface area contributed by atoms with Crippen molar-refractivity contribution in [3.05, 3.63) is 24.2 Å². The van der Waals surface area contributed by atoms with Gasteiger partial charge in [-0.05, 0) is 12.8 Å². The Balaban J connectivity index is 2.52. The van der Waals surface area contributed by atoms with Crippen molar-refractivity contribution < 1.29 is 4.79 Å². The summed E-state index contributed by atoms with van der Waals surface area (Å²) in [6.45, 7) is 5.76. The molecule has 3 nitrogen and oxygen atoms in total. The number of hydrogen-bond acceptors (Lipinski definition) is 2. The number of allylic oxidation sites excluding steroid dienone is 1. The van der Waals surface area contributed by atoms with Crippen LogP contribution in [0.2, 0.25) is 0 Å². The van der Waals surface area contributed by atoms with Gasteiger partial charge in [-0.2, -0.15) is 0 Å². The van der Waals surface area contributed by atoms with Gasteiger partial charge in [0, 0.05) is 11.8 Å². The van der Waals surface area contributed by atoms with E-state index in [1.165, 1.54) is 0 Å². The molecule has 3 heteroatoms. The van der Waals surface area contributed by atoms with Crippen LogP contribution < -0.4 is 10.6 Å². The van der Waals surface area contributed by atoms with Gasteiger partial charge in [-0.3, -0.25) is 4.79 Å². The summed E-state index contributed by atoms with van der Waals surface area (Å²) in [7, 11) is 0. The quantitative estimate of drug-likeness (QED) is 0.662. The second kappa shape index (κ2) is 3.95. The molecule has 0 aromatic carbocycles. The third kappa shape index (κ3) is 2.42. The summed E-state index contributed by atoms with van der Waals surface area (Å²) < 4.78 is 0. The first-order chi connectivity index (χ1) is 5.72. The molecule has 0 radical (unpaired) electrons. The molecule has 0 spiro atoms. The minimum atomic E-state index is -0.0788. The van der Waals surface area contributed by atoms with Crippen molar-refractivity contribution in [2.24, 2.45) is 0 Å². The molecule has 0 bridgehead atoms. The van der Waals surface area contributed by atoms with Crippen LogP contribution in [0.25, 0.3) is 0 Å². The SMILES string of the molecule is C=C1NC(=O)C=C(CCCC)N1. The zero-order valence-electron chi connectivity index (χ0n) is 7.31. The number of amides is 1. The lowest BCUT2D eigenvalue weighted by Gasteiger charge is -2.17. The summed E-state index contributed by atoms with van der Waals surface area (Å²) >= 11 is 0. The van der Waals surface area contributed by atoms with E-state index >= 15 is 0 Å². The molecule has 0 atom stereocenters. The van der Waals surface area contributed by atoms with E-state index in [-0.39, 0.29) is 5.91 Å². The topological polar surface area (TPSA) is 41.1 Å². The van der Waals surface area contributed by atoms with Crippen LogP contribution in [0.15, 0.2) is 24.2 Å². The minimum absolute atomic E-state index is 0.0788. The molecule has 0 aliphatic carbocycles. The molecule has 1 aliphatic rings. The largest absolute Gasteiger partial charge is 0.346 e. The Morgan fingerprint density at radius 3 is 2.83 bits per heavy atom. The van der Waals surface area contributed by atoms with Crippen LogP contribution in [-0.2, 0) is 4.79 Å². The van der Waals surface area contributed by atoms with Crippen LogP contribution in [0.1, 0.15) is 26.2 Å². The van der Waals surface area contributed by atoms with E-state index < -0.39 is 0 Å². The molecule has 1 heterocycles. The highest BCUT2D eigenvalue weighted by molar-refractivity contribution is 5.90. The molecular weight excluding hydrogens is 152 g/mol. The minimum Gasteiger partial charge on any atom is -0.346 e. The fourth-order valence-corrected chi connectivity index (χ4v) is 1.11. The van der Waals surface area contributed by atoms with Gasteiger partial charge in [-0.25, -0.2) is 0 Å². The third-order valence-corrected chi connectivity index (χ3v) is 1.69. The van der Waals surface area contributed by atoms with E-state index in [0.29, 0.717) is 5.82 Å². The van der Waals surface area contributed by atoms with Gasteiger partial charge < -0.3 is 10.6 Å². The van der Waals surface area contributed by atoms with Crippen LogP contribution in [0.4, 0.5) is 0 Å². The summed E-state index contributed by atoms with van der Waals surface area (Å²) in [5.74, 6) is 0.499. The molecule has 1 amide bonds. The van der Waals surface area contributed by atoms with Gasteiger partial charge >= 0.3 is 0 Å². The predicted octanol–water partition coefficient (Wildman–Crippen LogP) is 1.25.